The lowest BCUT2D eigenvalue weighted by atomic mass is 9.94. The van der Waals surface area contributed by atoms with E-state index in [1.165, 1.54) is 0 Å². The van der Waals surface area contributed by atoms with E-state index in [2.05, 4.69) is 15.0 Å². The van der Waals surface area contributed by atoms with E-state index in [0.717, 1.165) is 25.7 Å². The van der Waals surface area contributed by atoms with Gasteiger partial charge in [0.15, 0.2) is 17.0 Å². The number of hydrogen-bond donors (Lipinski definition) is 1. The molecule has 3 heterocycles. The highest BCUT2D eigenvalue weighted by Crippen LogP contribution is 2.28. The number of nitrogens with zero attached hydrogens (tertiary/aromatic N) is 5. The molecule has 31 heavy (non-hydrogen) atoms. The minimum Gasteiger partial charge on any atom is -0.468 e. The molecule has 0 atom stereocenters. The number of rotatable bonds is 7. The number of ether oxygens (including phenoxy) is 3. The zero-order valence-electron chi connectivity index (χ0n) is 19.2. The molecular formula is C21H34N6O4. The Hall–Kier alpha value is -2.78. The number of fused-ring (bicyclic) bond motifs is 1. The maximum Gasteiger partial charge on any atom is 0.410 e. The van der Waals surface area contributed by atoms with Crippen molar-refractivity contribution in [1.29, 1.82) is 0 Å². The van der Waals surface area contributed by atoms with E-state index in [0.29, 0.717) is 49.3 Å². The summed E-state index contributed by atoms with van der Waals surface area (Å²) < 4.78 is 18.4. The topological polar surface area (TPSA) is 118 Å². The molecule has 1 saturated heterocycles. The molecule has 0 saturated carbocycles. The van der Waals surface area contributed by atoms with Crippen molar-refractivity contribution < 1.29 is 19.0 Å². The number of nitrogen functional groups attached to an aromatic ring is 1. The molecule has 172 valence electrons. The average Bonchev–Trinajstić information content (AvgIpc) is 3.08. The summed E-state index contributed by atoms with van der Waals surface area (Å²) in [7, 11) is 1.58. The van der Waals surface area contributed by atoms with Gasteiger partial charge in [-0.1, -0.05) is 6.92 Å². The maximum atomic E-state index is 12.3. The Labute approximate surface area is 183 Å². The lowest BCUT2D eigenvalue weighted by molar-refractivity contribution is 0.0180. The Balaban J connectivity index is 1.66. The van der Waals surface area contributed by atoms with Crippen LogP contribution < -0.4 is 15.2 Å². The van der Waals surface area contributed by atoms with Crippen molar-refractivity contribution >= 4 is 23.1 Å². The molecule has 2 N–H and O–H groups in total. The van der Waals surface area contributed by atoms with Crippen molar-refractivity contribution in [1.82, 2.24) is 24.4 Å². The Kier molecular flexibility index (Phi) is 7.07. The number of piperidine rings is 1. The highest BCUT2D eigenvalue weighted by molar-refractivity contribution is 5.83. The van der Waals surface area contributed by atoms with Gasteiger partial charge in [-0.2, -0.15) is 15.0 Å². The van der Waals surface area contributed by atoms with Crippen LogP contribution in [0.3, 0.4) is 0 Å². The molecule has 0 unspecified atom stereocenters. The molecule has 0 bridgehead atoms. The minimum absolute atomic E-state index is 0.236. The predicted octanol–water partition coefficient (Wildman–Crippen LogP) is 3.24. The Morgan fingerprint density at radius 3 is 2.52 bits per heavy atom. The molecule has 1 aliphatic heterocycles. The lowest BCUT2D eigenvalue weighted by Crippen LogP contribution is -2.41. The van der Waals surface area contributed by atoms with Crippen LogP contribution in [-0.4, -0.2) is 62.9 Å². The number of hydrogen-bond acceptors (Lipinski definition) is 8. The monoisotopic (exact) mass is 434 g/mol. The van der Waals surface area contributed by atoms with E-state index in [9.17, 15) is 4.79 Å². The Morgan fingerprint density at radius 1 is 1.19 bits per heavy atom. The standard InChI is InChI=1S/C21H34N6O4/c1-6-13-30-18-24-16(22)15-17(25-18)27(19(23-15)29-5)12-9-14-7-10-26(11-8-14)20(28)31-21(2,3)4/h14H,6-13H2,1-5H3,(H2,22,24,25). The number of carbonyl (C=O) groups is 1. The van der Waals surface area contributed by atoms with Crippen molar-refractivity contribution in [3.8, 4) is 12.0 Å². The zero-order chi connectivity index (χ0) is 22.6. The van der Waals surface area contributed by atoms with Crippen LogP contribution in [0.2, 0.25) is 0 Å². The quantitative estimate of drug-likeness (QED) is 0.706. The number of methoxy groups -OCH3 is 1. The third kappa shape index (κ3) is 5.68. The maximum absolute atomic E-state index is 12.3. The summed E-state index contributed by atoms with van der Waals surface area (Å²) in [5.74, 6) is 0.759. The predicted molar refractivity (Wildman–Crippen MR) is 117 cm³/mol. The van der Waals surface area contributed by atoms with Crippen LogP contribution in [0.15, 0.2) is 0 Å². The van der Waals surface area contributed by atoms with Crippen LogP contribution in [0.25, 0.3) is 11.2 Å². The third-order valence-corrected chi connectivity index (χ3v) is 5.21. The van der Waals surface area contributed by atoms with Crippen LogP contribution in [0.1, 0.15) is 53.4 Å². The molecule has 0 radical (unpaired) electrons. The Bertz CT molecular complexity index is 899. The van der Waals surface area contributed by atoms with Crippen molar-refractivity contribution in [2.24, 2.45) is 5.92 Å². The molecular weight excluding hydrogens is 400 g/mol. The fourth-order valence-corrected chi connectivity index (χ4v) is 3.64. The molecule has 1 aliphatic rings. The highest BCUT2D eigenvalue weighted by Gasteiger charge is 2.27. The summed E-state index contributed by atoms with van der Waals surface area (Å²) in [4.78, 5) is 27.2. The number of aryl methyl sites for hydroxylation is 1. The van der Waals surface area contributed by atoms with Gasteiger partial charge in [-0.3, -0.25) is 4.57 Å². The smallest absolute Gasteiger partial charge is 0.410 e. The van der Waals surface area contributed by atoms with Gasteiger partial charge in [0.2, 0.25) is 0 Å². The molecule has 3 rings (SSSR count). The first-order valence-corrected chi connectivity index (χ1v) is 10.9. The number of amides is 1. The van der Waals surface area contributed by atoms with E-state index in [1.807, 2.05) is 32.3 Å². The van der Waals surface area contributed by atoms with Crippen molar-refractivity contribution in [2.75, 3.05) is 32.5 Å². The second kappa shape index (κ2) is 9.57. The Morgan fingerprint density at radius 2 is 1.90 bits per heavy atom. The molecule has 1 amide bonds. The summed E-state index contributed by atoms with van der Waals surface area (Å²) in [6, 6.07) is 0.705. The number of imidazole rings is 1. The molecule has 10 nitrogen and oxygen atoms in total. The van der Waals surface area contributed by atoms with E-state index in [1.54, 1.807) is 12.0 Å². The van der Waals surface area contributed by atoms with Crippen LogP contribution in [0.4, 0.5) is 10.6 Å². The van der Waals surface area contributed by atoms with Gasteiger partial charge in [-0.05, 0) is 52.4 Å². The number of aromatic nitrogens is 4. The molecule has 0 spiro atoms. The van der Waals surface area contributed by atoms with Gasteiger partial charge >= 0.3 is 12.1 Å². The van der Waals surface area contributed by atoms with Gasteiger partial charge in [-0.25, -0.2) is 4.79 Å². The fraction of sp³-hybridized carbons (Fsp3) is 0.714. The number of likely N-dealkylation sites (tertiary alicyclic amines) is 1. The van der Waals surface area contributed by atoms with Crippen molar-refractivity contribution in [3.63, 3.8) is 0 Å². The second-order valence-electron chi connectivity index (χ2n) is 8.86. The first kappa shape index (κ1) is 22.9. The van der Waals surface area contributed by atoms with Gasteiger partial charge in [0.25, 0.3) is 6.01 Å². The lowest BCUT2D eigenvalue weighted by Gasteiger charge is -2.33. The first-order valence-electron chi connectivity index (χ1n) is 10.9. The van der Waals surface area contributed by atoms with Crippen LogP contribution in [0, 0.1) is 5.92 Å². The highest BCUT2D eigenvalue weighted by atomic mass is 16.6. The largest absolute Gasteiger partial charge is 0.468 e. The summed E-state index contributed by atoms with van der Waals surface area (Å²) in [5, 5.41) is 0. The summed E-state index contributed by atoms with van der Waals surface area (Å²) in [6.07, 6.45) is 3.39. The van der Waals surface area contributed by atoms with Gasteiger partial charge in [0.05, 0.1) is 13.7 Å². The van der Waals surface area contributed by atoms with Crippen molar-refractivity contribution in [3.05, 3.63) is 0 Å². The van der Waals surface area contributed by atoms with Crippen LogP contribution >= 0.6 is 0 Å². The summed E-state index contributed by atoms with van der Waals surface area (Å²) in [5.41, 5.74) is 6.73. The molecule has 2 aromatic rings. The van der Waals surface area contributed by atoms with Crippen LogP contribution in [-0.2, 0) is 11.3 Å². The second-order valence-corrected chi connectivity index (χ2v) is 8.86. The summed E-state index contributed by atoms with van der Waals surface area (Å²) in [6.45, 7) is 10.3. The van der Waals surface area contributed by atoms with Crippen LogP contribution in [0.5, 0.6) is 12.0 Å². The summed E-state index contributed by atoms with van der Waals surface area (Å²) >= 11 is 0. The van der Waals surface area contributed by atoms with E-state index in [-0.39, 0.29) is 17.9 Å². The molecule has 10 heteroatoms. The average molecular weight is 435 g/mol. The molecule has 1 fully saturated rings. The number of carbonyl (C=O) groups excluding carboxylic acids is 1. The number of nitrogens with two attached hydrogens (primary N) is 1. The SMILES string of the molecule is CCCOc1nc(N)c2nc(OC)n(CCC3CCN(C(=O)OC(C)(C)C)CC3)c2n1. The van der Waals surface area contributed by atoms with Gasteiger partial charge in [0.1, 0.15) is 5.60 Å². The van der Waals surface area contributed by atoms with Gasteiger partial charge in [0, 0.05) is 19.6 Å². The van der Waals surface area contributed by atoms with E-state index < -0.39 is 5.60 Å². The van der Waals surface area contributed by atoms with E-state index >= 15 is 0 Å². The molecule has 0 aliphatic carbocycles. The third-order valence-electron chi connectivity index (χ3n) is 5.21. The molecule has 2 aromatic heterocycles. The van der Waals surface area contributed by atoms with E-state index in [4.69, 9.17) is 19.9 Å². The fourth-order valence-electron chi connectivity index (χ4n) is 3.64. The van der Waals surface area contributed by atoms with Gasteiger partial charge < -0.3 is 24.8 Å². The minimum atomic E-state index is -0.476. The first-order chi connectivity index (χ1) is 14.7. The zero-order valence-corrected chi connectivity index (χ0v) is 19.2. The van der Waals surface area contributed by atoms with Crippen molar-refractivity contribution in [2.45, 2.75) is 65.5 Å². The normalized spacial score (nSPS) is 15.3. The number of anilines is 1. The molecule has 0 aromatic carbocycles. The van der Waals surface area contributed by atoms with Gasteiger partial charge in [-0.15, -0.1) is 0 Å².